The van der Waals surface area contributed by atoms with Gasteiger partial charge in [-0.15, -0.1) is 0 Å². The van der Waals surface area contributed by atoms with Crippen molar-refractivity contribution in [1.82, 2.24) is 0 Å². The molecule has 0 fully saturated rings. The number of hydrogen-bond donors (Lipinski definition) is 2. The normalized spacial score (nSPS) is 20.1. The van der Waals surface area contributed by atoms with Crippen molar-refractivity contribution in [3.63, 3.8) is 0 Å². The zero-order valence-corrected chi connectivity index (χ0v) is 18.7. The maximum absolute atomic E-state index is 12.9. The molecule has 162 valence electrons. The second kappa shape index (κ2) is 10.6. The van der Waals surface area contributed by atoms with Crippen LogP contribution in [0.2, 0.25) is 5.02 Å². The van der Waals surface area contributed by atoms with Gasteiger partial charge in [0.05, 0.1) is 19.8 Å². The number of nitrogens with one attached hydrogen (secondary N) is 2. The van der Waals surface area contributed by atoms with Crippen LogP contribution < -0.4 is 15.4 Å². The molecular weight excluding hydrogens is 400 g/mol. The Morgan fingerprint density at radius 1 is 1.13 bits per heavy atom. The Kier molecular flexibility index (Phi) is 7.86. The van der Waals surface area contributed by atoms with E-state index in [0.29, 0.717) is 11.6 Å². The predicted molar refractivity (Wildman–Crippen MR) is 122 cm³/mol. The number of ether oxygens (including phenoxy) is 2. The lowest BCUT2D eigenvalue weighted by atomic mass is 9.79. The van der Waals surface area contributed by atoms with Gasteiger partial charge in [0.25, 0.3) is 0 Å². The van der Waals surface area contributed by atoms with Gasteiger partial charge in [0.2, 0.25) is 0 Å². The Labute approximate surface area is 184 Å². The fourth-order valence-corrected chi connectivity index (χ4v) is 4.22. The molecule has 0 radical (unpaired) electrons. The highest BCUT2D eigenvalue weighted by Crippen LogP contribution is 2.43. The smallest absolute Gasteiger partial charge is 0.328 e. The monoisotopic (exact) mass is 430 g/mol. The summed E-state index contributed by atoms with van der Waals surface area (Å²) in [5.74, 6) is 0.620. The van der Waals surface area contributed by atoms with Crippen LogP contribution in [0.15, 0.2) is 42.5 Å². The number of anilines is 2. The molecule has 2 aromatic rings. The highest BCUT2D eigenvalue weighted by Gasteiger charge is 2.41. The quantitative estimate of drug-likeness (QED) is 0.374. The van der Waals surface area contributed by atoms with Crippen molar-refractivity contribution in [3.05, 3.63) is 53.1 Å². The summed E-state index contributed by atoms with van der Waals surface area (Å²) in [6, 6.07) is 13.1. The van der Waals surface area contributed by atoms with Crippen LogP contribution in [0.3, 0.4) is 0 Å². The summed E-state index contributed by atoms with van der Waals surface area (Å²) in [5, 5.41) is 7.79. The molecule has 5 nitrogen and oxygen atoms in total. The van der Waals surface area contributed by atoms with Gasteiger partial charge in [0, 0.05) is 27.9 Å². The van der Waals surface area contributed by atoms with Crippen LogP contribution in [0.25, 0.3) is 0 Å². The third-order valence-corrected chi connectivity index (χ3v) is 5.86. The van der Waals surface area contributed by atoms with E-state index in [1.165, 1.54) is 0 Å². The van der Waals surface area contributed by atoms with Gasteiger partial charge in [-0.05, 0) is 55.8 Å². The Hall–Kier alpha value is -2.40. The van der Waals surface area contributed by atoms with E-state index in [-0.39, 0.29) is 17.9 Å². The van der Waals surface area contributed by atoms with Crippen molar-refractivity contribution in [3.8, 4) is 5.75 Å². The molecule has 0 bridgehead atoms. The van der Waals surface area contributed by atoms with Crippen LogP contribution >= 0.6 is 11.6 Å². The van der Waals surface area contributed by atoms with Crippen LogP contribution in [0.1, 0.15) is 51.1 Å². The van der Waals surface area contributed by atoms with E-state index in [4.69, 9.17) is 21.1 Å². The topological polar surface area (TPSA) is 59.6 Å². The van der Waals surface area contributed by atoms with Crippen molar-refractivity contribution >= 4 is 28.9 Å². The van der Waals surface area contributed by atoms with Crippen molar-refractivity contribution in [2.24, 2.45) is 5.92 Å². The van der Waals surface area contributed by atoms with E-state index in [1.54, 1.807) is 7.11 Å². The zero-order valence-electron chi connectivity index (χ0n) is 17.9. The largest absolute Gasteiger partial charge is 0.497 e. The van der Waals surface area contributed by atoms with Crippen LogP contribution in [-0.2, 0) is 9.53 Å². The lowest BCUT2D eigenvalue weighted by Crippen LogP contribution is -2.46. The molecule has 2 aromatic carbocycles. The average Bonchev–Trinajstić information content (AvgIpc) is 2.76. The minimum atomic E-state index is -0.410. The molecule has 0 aliphatic carbocycles. The molecular formula is C24H31ClN2O3. The van der Waals surface area contributed by atoms with Crippen molar-refractivity contribution in [2.45, 2.75) is 51.6 Å². The summed E-state index contributed by atoms with van der Waals surface area (Å²) < 4.78 is 10.9. The second-order valence-corrected chi connectivity index (χ2v) is 8.05. The number of unbranched alkanes of at least 4 members (excludes halogenated alkanes) is 2. The minimum absolute atomic E-state index is 0.0332. The fourth-order valence-electron chi connectivity index (χ4n) is 4.09. The van der Waals surface area contributed by atoms with Gasteiger partial charge >= 0.3 is 5.97 Å². The number of esters is 1. The van der Waals surface area contributed by atoms with Gasteiger partial charge in [-0.3, -0.25) is 0 Å². The number of carbonyl (C=O) groups excluding carboxylic acids is 1. The molecule has 0 unspecified atom stereocenters. The van der Waals surface area contributed by atoms with Gasteiger partial charge in [-0.1, -0.05) is 37.8 Å². The van der Waals surface area contributed by atoms with Gasteiger partial charge in [-0.25, -0.2) is 4.79 Å². The maximum atomic E-state index is 12.9. The molecule has 1 heterocycles. The molecule has 3 rings (SSSR count). The number of rotatable bonds is 9. The number of halogens is 1. The third-order valence-electron chi connectivity index (χ3n) is 5.61. The molecule has 0 saturated heterocycles. The van der Waals surface area contributed by atoms with E-state index in [1.807, 2.05) is 49.4 Å². The van der Waals surface area contributed by atoms with E-state index >= 15 is 0 Å². The van der Waals surface area contributed by atoms with Crippen LogP contribution in [0.5, 0.6) is 5.75 Å². The van der Waals surface area contributed by atoms with Gasteiger partial charge in [0.15, 0.2) is 0 Å². The third kappa shape index (κ3) is 5.20. The SMILES string of the molecule is CCCCC[C@H]1[C@@H](C(=O)OCC)Nc2ccc(OC)cc2[C@@H]1Nc1ccc(Cl)cc1. The zero-order chi connectivity index (χ0) is 21.5. The van der Waals surface area contributed by atoms with Crippen LogP contribution in [0.4, 0.5) is 11.4 Å². The minimum Gasteiger partial charge on any atom is -0.497 e. The first kappa shape index (κ1) is 22.3. The average molecular weight is 431 g/mol. The summed E-state index contributed by atoms with van der Waals surface area (Å²) in [6.45, 7) is 4.39. The molecule has 2 N–H and O–H groups in total. The van der Waals surface area contributed by atoms with E-state index in [9.17, 15) is 4.79 Å². The molecule has 0 spiro atoms. The number of carbonyl (C=O) groups is 1. The summed E-state index contributed by atoms with van der Waals surface area (Å²) in [7, 11) is 1.67. The molecule has 0 aromatic heterocycles. The first-order valence-electron chi connectivity index (χ1n) is 10.7. The Morgan fingerprint density at radius 2 is 1.90 bits per heavy atom. The summed E-state index contributed by atoms with van der Waals surface area (Å²) in [6.07, 6.45) is 4.22. The molecule has 3 atom stereocenters. The van der Waals surface area contributed by atoms with Crippen molar-refractivity contribution in [1.29, 1.82) is 0 Å². The Bertz CT molecular complexity index is 841. The number of benzene rings is 2. The molecule has 1 aliphatic heterocycles. The van der Waals surface area contributed by atoms with Gasteiger partial charge in [-0.2, -0.15) is 0 Å². The lowest BCUT2D eigenvalue weighted by molar-refractivity contribution is -0.145. The highest BCUT2D eigenvalue weighted by molar-refractivity contribution is 6.30. The summed E-state index contributed by atoms with van der Waals surface area (Å²) >= 11 is 6.07. The predicted octanol–water partition coefficient (Wildman–Crippen LogP) is 6.06. The fraction of sp³-hybridized carbons (Fsp3) is 0.458. The van der Waals surface area contributed by atoms with Gasteiger partial charge in [0.1, 0.15) is 11.8 Å². The first-order valence-corrected chi connectivity index (χ1v) is 11.1. The Balaban J connectivity index is 2.01. The van der Waals surface area contributed by atoms with Crippen molar-refractivity contribution < 1.29 is 14.3 Å². The maximum Gasteiger partial charge on any atom is 0.328 e. The first-order chi connectivity index (χ1) is 14.6. The van der Waals surface area contributed by atoms with Crippen LogP contribution in [0, 0.1) is 5.92 Å². The second-order valence-electron chi connectivity index (χ2n) is 7.62. The number of hydrogen-bond acceptors (Lipinski definition) is 5. The van der Waals surface area contributed by atoms with Crippen molar-refractivity contribution in [2.75, 3.05) is 24.4 Å². The molecule has 0 amide bonds. The molecule has 1 aliphatic rings. The standard InChI is InChI=1S/C24H31ClN2O3/c1-4-6-7-8-19-22(26-17-11-9-16(25)10-12-17)20-15-18(29-3)13-14-21(20)27-23(19)24(28)30-5-2/h9-15,19,22-23,26-27H,4-8H2,1-3H3/t19-,22-,23+/m1/s1. The van der Waals surface area contributed by atoms with Crippen LogP contribution in [-0.4, -0.2) is 25.7 Å². The van der Waals surface area contributed by atoms with E-state index in [0.717, 1.165) is 48.4 Å². The van der Waals surface area contributed by atoms with E-state index < -0.39 is 6.04 Å². The summed E-state index contributed by atoms with van der Waals surface area (Å²) in [5.41, 5.74) is 2.97. The van der Waals surface area contributed by atoms with Gasteiger partial charge < -0.3 is 20.1 Å². The number of methoxy groups -OCH3 is 1. The van der Waals surface area contributed by atoms with E-state index in [2.05, 4.69) is 17.6 Å². The molecule has 6 heteroatoms. The molecule has 30 heavy (non-hydrogen) atoms. The summed E-state index contributed by atoms with van der Waals surface area (Å²) in [4.78, 5) is 12.9. The molecule has 0 saturated carbocycles. The Morgan fingerprint density at radius 3 is 2.57 bits per heavy atom. The number of fused-ring (bicyclic) bond motifs is 1. The highest BCUT2D eigenvalue weighted by atomic mass is 35.5. The lowest BCUT2D eigenvalue weighted by Gasteiger charge is -2.40.